The van der Waals surface area contributed by atoms with E-state index in [1.165, 1.54) is 11.3 Å². The van der Waals surface area contributed by atoms with Gasteiger partial charge in [0.1, 0.15) is 0 Å². The number of amides is 1. The first-order valence-corrected chi connectivity index (χ1v) is 7.09. The molecule has 4 heteroatoms. The number of carbonyl (C=O) groups is 1. The Labute approximate surface area is 120 Å². The Balaban J connectivity index is 1.72. The van der Waals surface area contributed by atoms with Gasteiger partial charge < -0.3 is 0 Å². The van der Waals surface area contributed by atoms with E-state index < -0.39 is 0 Å². The number of nitrogens with zero attached hydrogens (tertiary/aromatic N) is 2. The van der Waals surface area contributed by atoms with Crippen molar-refractivity contribution in [1.82, 2.24) is 0 Å². The predicted octanol–water partition coefficient (Wildman–Crippen LogP) is 4.69. The first-order valence-electron chi connectivity index (χ1n) is 6.27. The monoisotopic (exact) mass is 280 g/mol. The highest BCUT2D eigenvalue weighted by molar-refractivity contribution is 7.20. The average Bonchev–Trinajstić information content (AvgIpc) is 2.92. The lowest BCUT2D eigenvalue weighted by atomic mass is 10.2. The molecule has 2 aromatic carbocycles. The second-order valence-electron chi connectivity index (χ2n) is 4.34. The minimum atomic E-state index is -0.276. The van der Waals surface area contributed by atoms with Gasteiger partial charge in [0, 0.05) is 4.70 Å². The van der Waals surface area contributed by atoms with E-state index in [0.29, 0.717) is 11.4 Å². The summed E-state index contributed by atoms with van der Waals surface area (Å²) in [6.45, 7) is 0.428. The fourth-order valence-electron chi connectivity index (χ4n) is 1.90. The van der Waals surface area contributed by atoms with E-state index in [4.69, 9.17) is 0 Å². The van der Waals surface area contributed by atoms with Crippen LogP contribution in [0, 0.1) is 0 Å². The van der Waals surface area contributed by atoms with E-state index in [-0.39, 0.29) is 5.91 Å². The highest BCUT2D eigenvalue weighted by atomic mass is 32.1. The molecule has 0 aliphatic rings. The molecular weight excluding hydrogens is 268 g/mol. The molecule has 1 heterocycles. The summed E-state index contributed by atoms with van der Waals surface area (Å²) in [6.07, 6.45) is 0. The van der Waals surface area contributed by atoms with Crippen molar-refractivity contribution in [3.8, 4) is 0 Å². The van der Waals surface area contributed by atoms with Gasteiger partial charge in [-0.25, -0.2) is 0 Å². The van der Waals surface area contributed by atoms with Crippen LogP contribution in [-0.2, 0) is 6.54 Å². The third-order valence-electron chi connectivity index (χ3n) is 2.89. The van der Waals surface area contributed by atoms with Crippen LogP contribution in [0.2, 0.25) is 0 Å². The molecule has 0 bridgehead atoms. The average molecular weight is 280 g/mol. The molecule has 0 fully saturated rings. The number of benzene rings is 2. The second-order valence-corrected chi connectivity index (χ2v) is 5.42. The van der Waals surface area contributed by atoms with E-state index in [2.05, 4.69) is 10.2 Å². The van der Waals surface area contributed by atoms with Gasteiger partial charge in [0.25, 0.3) is 0 Å². The standard InChI is InChI=1S/C16H12N2OS/c19-16(18-17-11-12-6-2-1-3-7-12)15-10-13-8-4-5-9-14(13)20-15/h1-10H,11H2. The Morgan fingerprint density at radius 1 is 1.00 bits per heavy atom. The van der Waals surface area contributed by atoms with E-state index in [9.17, 15) is 4.79 Å². The highest BCUT2D eigenvalue weighted by Gasteiger charge is 2.08. The van der Waals surface area contributed by atoms with Crippen molar-refractivity contribution in [3.63, 3.8) is 0 Å². The lowest BCUT2D eigenvalue weighted by Gasteiger charge is -1.92. The number of azo groups is 1. The molecule has 0 aliphatic heterocycles. The zero-order valence-corrected chi connectivity index (χ0v) is 11.5. The van der Waals surface area contributed by atoms with Gasteiger partial charge in [-0.05, 0) is 23.1 Å². The summed E-state index contributed by atoms with van der Waals surface area (Å²) < 4.78 is 1.09. The molecule has 98 valence electrons. The van der Waals surface area contributed by atoms with E-state index in [1.807, 2.05) is 60.7 Å². The molecule has 0 N–H and O–H groups in total. The number of carbonyl (C=O) groups excluding carboxylic acids is 1. The lowest BCUT2D eigenvalue weighted by molar-refractivity contribution is 0.0997. The molecule has 0 saturated carbocycles. The SMILES string of the molecule is O=C(N=NCc1ccccc1)c1cc2ccccc2s1. The zero-order chi connectivity index (χ0) is 13.8. The zero-order valence-electron chi connectivity index (χ0n) is 10.7. The van der Waals surface area contributed by atoms with Gasteiger partial charge in [0.2, 0.25) is 0 Å². The molecule has 0 saturated heterocycles. The van der Waals surface area contributed by atoms with Crippen molar-refractivity contribution >= 4 is 27.3 Å². The maximum Gasteiger partial charge on any atom is 0.305 e. The Morgan fingerprint density at radius 3 is 2.55 bits per heavy atom. The molecule has 1 amide bonds. The van der Waals surface area contributed by atoms with Crippen LogP contribution in [0.5, 0.6) is 0 Å². The predicted molar refractivity (Wildman–Crippen MR) is 81.2 cm³/mol. The summed E-state index contributed by atoms with van der Waals surface area (Å²) in [6, 6.07) is 19.5. The van der Waals surface area contributed by atoms with Crippen LogP contribution < -0.4 is 0 Å². The summed E-state index contributed by atoms with van der Waals surface area (Å²) in [5, 5.41) is 8.82. The van der Waals surface area contributed by atoms with Gasteiger partial charge in [0.15, 0.2) is 0 Å². The van der Waals surface area contributed by atoms with Gasteiger partial charge in [-0.15, -0.1) is 16.5 Å². The van der Waals surface area contributed by atoms with E-state index >= 15 is 0 Å². The summed E-state index contributed by atoms with van der Waals surface area (Å²) in [4.78, 5) is 12.6. The van der Waals surface area contributed by atoms with Crippen molar-refractivity contribution in [1.29, 1.82) is 0 Å². The Hall–Kier alpha value is -2.33. The fraction of sp³-hybridized carbons (Fsp3) is 0.0625. The van der Waals surface area contributed by atoms with Gasteiger partial charge in [0.05, 0.1) is 11.4 Å². The van der Waals surface area contributed by atoms with Gasteiger partial charge in [-0.3, -0.25) is 4.79 Å². The Bertz CT molecular complexity index is 729. The minimum Gasteiger partial charge on any atom is -0.264 e. The number of hydrogen-bond acceptors (Lipinski definition) is 3. The van der Waals surface area contributed by atoms with Crippen LogP contribution in [0.4, 0.5) is 0 Å². The quantitative estimate of drug-likeness (QED) is 0.641. The fourth-order valence-corrected chi connectivity index (χ4v) is 2.84. The first-order chi connectivity index (χ1) is 9.83. The van der Waals surface area contributed by atoms with Crippen LogP contribution >= 0.6 is 11.3 Å². The maximum absolute atomic E-state index is 12.0. The smallest absolute Gasteiger partial charge is 0.264 e. The van der Waals surface area contributed by atoms with Crippen LogP contribution in [0.3, 0.4) is 0 Å². The van der Waals surface area contributed by atoms with Gasteiger partial charge in [-0.1, -0.05) is 48.5 Å². The molecule has 3 rings (SSSR count). The number of thiophene rings is 1. The molecular formula is C16H12N2OS. The third kappa shape index (κ3) is 2.81. The Kier molecular flexibility index (Phi) is 3.65. The molecule has 0 aliphatic carbocycles. The van der Waals surface area contributed by atoms with Crippen molar-refractivity contribution in [2.75, 3.05) is 0 Å². The summed E-state index contributed by atoms with van der Waals surface area (Å²) in [7, 11) is 0. The molecule has 0 spiro atoms. The van der Waals surface area contributed by atoms with Crippen LogP contribution in [0.15, 0.2) is 70.9 Å². The molecule has 0 atom stereocenters. The van der Waals surface area contributed by atoms with Crippen LogP contribution in [0.1, 0.15) is 15.2 Å². The molecule has 1 aromatic heterocycles. The number of fused-ring (bicyclic) bond motifs is 1. The molecule has 3 aromatic rings. The third-order valence-corrected chi connectivity index (χ3v) is 4.00. The topological polar surface area (TPSA) is 41.8 Å². The lowest BCUT2D eigenvalue weighted by Crippen LogP contribution is -1.89. The van der Waals surface area contributed by atoms with Crippen LogP contribution in [0.25, 0.3) is 10.1 Å². The molecule has 0 unspecified atom stereocenters. The summed E-state index contributed by atoms with van der Waals surface area (Å²) in [5.74, 6) is -0.276. The van der Waals surface area contributed by atoms with Gasteiger partial charge >= 0.3 is 5.91 Å². The first kappa shape index (κ1) is 12.7. The van der Waals surface area contributed by atoms with Crippen molar-refractivity contribution in [3.05, 3.63) is 71.1 Å². The second kappa shape index (κ2) is 5.75. The Morgan fingerprint density at radius 2 is 1.75 bits per heavy atom. The van der Waals surface area contributed by atoms with Crippen LogP contribution in [-0.4, -0.2) is 5.91 Å². The number of rotatable bonds is 3. The van der Waals surface area contributed by atoms with Crippen molar-refractivity contribution in [2.24, 2.45) is 10.2 Å². The van der Waals surface area contributed by atoms with E-state index in [1.54, 1.807) is 0 Å². The number of hydrogen-bond donors (Lipinski definition) is 0. The maximum atomic E-state index is 12.0. The summed E-state index contributed by atoms with van der Waals surface area (Å²) >= 11 is 1.45. The van der Waals surface area contributed by atoms with E-state index in [0.717, 1.165) is 15.6 Å². The summed E-state index contributed by atoms with van der Waals surface area (Å²) in [5.41, 5.74) is 1.04. The van der Waals surface area contributed by atoms with Gasteiger partial charge in [-0.2, -0.15) is 5.11 Å². The minimum absolute atomic E-state index is 0.276. The van der Waals surface area contributed by atoms with Crippen molar-refractivity contribution in [2.45, 2.75) is 6.54 Å². The highest BCUT2D eigenvalue weighted by Crippen LogP contribution is 2.25. The molecule has 3 nitrogen and oxygen atoms in total. The largest absolute Gasteiger partial charge is 0.305 e. The normalized spacial score (nSPS) is 11.2. The molecule has 20 heavy (non-hydrogen) atoms. The molecule has 0 radical (unpaired) electrons. The van der Waals surface area contributed by atoms with Crippen molar-refractivity contribution < 1.29 is 4.79 Å².